The van der Waals surface area contributed by atoms with Gasteiger partial charge in [0.05, 0.1) is 18.1 Å². The van der Waals surface area contributed by atoms with Gasteiger partial charge in [0, 0.05) is 23.2 Å². The Labute approximate surface area is 143 Å². The number of aromatic nitrogens is 1. The van der Waals surface area contributed by atoms with Gasteiger partial charge in [0.15, 0.2) is 5.96 Å². The van der Waals surface area contributed by atoms with Crippen LogP contribution in [0.1, 0.15) is 22.4 Å². The van der Waals surface area contributed by atoms with Crippen molar-refractivity contribution in [3.63, 3.8) is 0 Å². The van der Waals surface area contributed by atoms with Gasteiger partial charge in [-0.3, -0.25) is 0 Å². The predicted octanol–water partition coefficient (Wildman–Crippen LogP) is 3.31. The molecule has 0 fully saturated rings. The van der Waals surface area contributed by atoms with Gasteiger partial charge >= 0.3 is 6.61 Å². The Balaban J connectivity index is 2.02. The fraction of sp³-hybridized carbons (Fsp3) is 0.375. The van der Waals surface area contributed by atoms with Crippen LogP contribution in [-0.2, 0) is 13.1 Å². The van der Waals surface area contributed by atoms with Crippen LogP contribution in [0.3, 0.4) is 0 Å². The maximum atomic E-state index is 12.4. The molecule has 1 aromatic carbocycles. The molecule has 8 heteroatoms. The van der Waals surface area contributed by atoms with E-state index in [9.17, 15) is 8.78 Å². The number of para-hydroxylation sites is 1. The van der Waals surface area contributed by atoms with E-state index in [1.165, 1.54) is 6.07 Å². The maximum absolute atomic E-state index is 12.4. The number of hydrogen-bond donors (Lipinski definition) is 2. The number of hydrogen-bond acceptors (Lipinski definition) is 4. The average Bonchev–Trinajstić information content (AvgIpc) is 2.96. The lowest BCUT2D eigenvalue weighted by Gasteiger charge is -2.12. The molecular formula is C16H20F2N4OS. The van der Waals surface area contributed by atoms with E-state index in [0.29, 0.717) is 24.6 Å². The topological polar surface area (TPSA) is 58.5 Å². The number of guanidine groups is 1. The molecule has 130 valence electrons. The van der Waals surface area contributed by atoms with E-state index in [1.807, 2.05) is 20.0 Å². The van der Waals surface area contributed by atoms with E-state index in [0.717, 1.165) is 9.88 Å². The first kappa shape index (κ1) is 18.1. The molecule has 0 amide bonds. The molecule has 0 spiro atoms. The second-order valence-electron chi connectivity index (χ2n) is 4.88. The Morgan fingerprint density at radius 1 is 1.33 bits per heavy atom. The van der Waals surface area contributed by atoms with E-state index in [2.05, 4.69) is 25.3 Å². The summed E-state index contributed by atoms with van der Waals surface area (Å²) in [5.74, 6) is 0.751. The number of ether oxygens (including phenoxy) is 1. The summed E-state index contributed by atoms with van der Waals surface area (Å²) in [6.45, 7) is 2.60. The van der Waals surface area contributed by atoms with Crippen LogP contribution in [0, 0.1) is 6.92 Å². The summed E-state index contributed by atoms with van der Waals surface area (Å²) in [5.41, 5.74) is 0.601. The van der Waals surface area contributed by atoms with Gasteiger partial charge in [0.25, 0.3) is 0 Å². The highest BCUT2D eigenvalue weighted by Gasteiger charge is 2.09. The summed E-state index contributed by atoms with van der Waals surface area (Å²) in [4.78, 5) is 9.73. The third-order valence-electron chi connectivity index (χ3n) is 3.04. The molecule has 0 aliphatic carbocycles. The largest absolute Gasteiger partial charge is 0.434 e. The molecule has 0 bridgehead atoms. The molecule has 24 heavy (non-hydrogen) atoms. The number of aliphatic imine (C=N–C) groups is 1. The number of halogens is 2. The second kappa shape index (κ2) is 9.17. The normalized spacial score (nSPS) is 11.6. The molecule has 0 saturated carbocycles. The zero-order chi connectivity index (χ0) is 17.4. The molecule has 0 saturated heterocycles. The van der Waals surface area contributed by atoms with Gasteiger partial charge < -0.3 is 15.4 Å². The molecule has 0 unspecified atom stereocenters. The number of nitrogens with one attached hydrogen (secondary N) is 2. The molecule has 1 aromatic heterocycles. The second-order valence-corrected chi connectivity index (χ2v) is 6.20. The molecule has 2 aromatic rings. The Hall–Kier alpha value is -2.22. The van der Waals surface area contributed by atoms with Gasteiger partial charge in [-0.15, -0.1) is 11.3 Å². The van der Waals surface area contributed by atoms with Crippen molar-refractivity contribution < 1.29 is 13.5 Å². The monoisotopic (exact) mass is 354 g/mol. The lowest BCUT2D eigenvalue weighted by atomic mass is 10.2. The molecule has 2 rings (SSSR count). The quantitative estimate of drug-likeness (QED) is 0.592. The molecule has 1 heterocycles. The minimum Gasteiger partial charge on any atom is -0.434 e. The Morgan fingerprint density at radius 2 is 2.12 bits per heavy atom. The molecular weight excluding hydrogens is 334 g/mol. The number of thiazole rings is 1. The number of aryl methyl sites for hydroxylation is 1. The SMILES string of the molecule is CCNC(=NCc1ccccc1OC(F)F)NCc1cnc(C)s1. The van der Waals surface area contributed by atoms with Gasteiger partial charge in [0.2, 0.25) is 0 Å². The van der Waals surface area contributed by atoms with Gasteiger partial charge in [-0.05, 0) is 19.9 Å². The summed E-state index contributed by atoms with van der Waals surface area (Å²) in [6, 6.07) is 6.65. The van der Waals surface area contributed by atoms with Crippen LogP contribution in [0.15, 0.2) is 35.5 Å². The van der Waals surface area contributed by atoms with Gasteiger partial charge in [-0.2, -0.15) is 8.78 Å². The standard InChI is InChI=1S/C16H20F2N4OS/c1-3-19-16(22-10-13-9-20-11(2)24-13)21-8-12-6-4-5-7-14(12)23-15(17)18/h4-7,9,15H,3,8,10H2,1-2H3,(H2,19,21,22). The molecule has 0 radical (unpaired) electrons. The highest BCUT2D eigenvalue weighted by atomic mass is 32.1. The first-order valence-corrected chi connectivity index (χ1v) is 8.36. The minimum atomic E-state index is -2.85. The van der Waals surface area contributed by atoms with Crippen molar-refractivity contribution in [2.75, 3.05) is 6.54 Å². The Morgan fingerprint density at radius 3 is 2.79 bits per heavy atom. The zero-order valence-corrected chi connectivity index (χ0v) is 14.4. The van der Waals surface area contributed by atoms with Crippen LogP contribution >= 0.6 is 11.3 Å². The third kappa shape index (κ3) is 5.77. The summed E-state index contributed by atoms with van der Waals surface area (Å²) in [7, 11) is 0. The zero-order valence-electron chi connectivity index (χ0n) is 13.6. The highest BCUT2D eigenvalue weighted by Crippen LogP contribution is 2.21. The maximum Gasteiger partial charge on any atom is 0.387 e. The highest BCUT2D eigenvalue weighted by molar-refractivity contribution is 7.11. The minimum absolute atomic E-state index is 0.144. The van der Waals surface area contributed by atoms with Gasteiger partial charge in [-0.1, -0.05) is 18.2 Å². The van der Waals surface area contributed by atoms with Crippen molar-refractivity contribution in [1.29, 1.82) is 0 Å². The van der Waals surface area contributed by atoms with Crippen molar-refractivity contribution in [1.82, 2.24) is 15.6 Å². The molecule has 5 nitrogen and oxygen atoms in total. The van der Waals surface area contributed by atoms with Crippen LogP contribution in [-0.4, -0.2) is 24.1 Å². The Kier molecular flexibility index (Phi) is 6.92. The molecule has 0 aliphatic rings. The average molecular weight is 354 g/mol. The lowest BCUT2D eigenvalue weighted by molar-refractivity contribution is -0.0504. The number of alkyl halides is 2. The van der Waals surface area contributed by atoms with Crippen LogP contribution in [0.2, 0.25) is 0 Å². The first-order valence-electron chi connectivity index (χ1n) is 7.54. The fourth-order valence-corrected chi connectivity index (χ4v) is 2.74. The lowest BCUT2D eigenvalue weighted by Crippen LogP contribution is -2.36. The Bertz CT molecular complexity index is 676. The van der Waals surface area contributed by atoms with Crippen LogP contribution < -0.4 is 15.4 Å². The van der Waals surface area contributed by atoms with Crippen molar-refractivity contribution >= 4 is 17.3 Å². The van der Waals surface area contributed by atoms with Crippen LogP contribution in [0.25, 0.3) is 0 Å². The summed E-state index contributed by atoms with van der Waals surface area (Å²) in [5, 5.41) is 7.33. The predicted molar refractivity (Wildman–Crippen MR) is 91.6 cm³/mol. The fourth-order valence-electron chi connectivity index (χ4n) is 2.01. The summed E-state index contributed by atoms with van der Waals surface area (Å²) in [6.07, 6.45) is 1.82. The van der Waals surface area contributed by atoms with E-state index in [4.69, 9.17) is 0 Å². The van der Waals surface area contributed by atoms with Crippen LogP contribution in [0.5, 0.6) is 5.75 Å². The molecule has 2 N–H and O–H groups in total. The van der Waals surface area contributed by atoms with Crippen molar-refractivity contribution in [3.05, 3.63) is 45.9 Å². The molecule has 0 aliphatic heterocycles. The van der Waals surface area contributed by atoms with E-state index in [1.54, 1.807) is 29.5 Å². The van der Waals surface area contributed by atoms with Gasteiger partial charge in [-0.25, -0.2) is 9.98 Å². The first-order chi connectivity index (χ1) is 11.6. The van der Waals surface area contributed by atoms with Crippen molar-refractivity contribution in [2.45, 2.75) is 33.5 Å². The van der Waals surface area contributed by atoms with E-state index >= 15 is 0 Å². The van der Waals surface area contributed by atoms with Crippen LogP contribution in [0.4, 0.5) is 8.78 Å². The summed E-state index contributed by atoms with van der Waals surface area (Å²) < 4.78 is 29.4. The van der Waals surface area contributed by atoms with Crippen molar-refractivity contribution in [2.24, 2.45) is 4.99 Å². The number of benzene rings is 1. The summed E-state index contributed by atoms with van der Waals surface area (Å²) >= 11 is 1.61. The van der Waals surface area contributed by atoms with E-state index < -0.39 is 6.61 Å². The van der Waals surface area contributed by atoms with Crippen molar-refractivity contribution in [3.8, 4) is 5.75 Å². The molecule has 0 atom stereocenters. The van der Waals surface area contributed by atoms with E-state index in [-0.39, 0.29) is 12.3 Å². The number of rotatable bonds is 7. The number of nitrogens with zero attached hydrogens (tertiary/aromatic N) is 2. The smallest absolute Gasteiger partial charge is 0.387 e. The van der Waals surface area contributed by atoms with Gasteiger partial charge in [0.1, 0.15) is 5.75 Å². The third-order valence-corrected chi connectivity index (χ3v) is 3.95.